The molecule has 0 fully saturated rings. The molecule has 4 heteroatoms. The fraction of sp³-hybridized carbons (Fsp3) is 0.111. The van der Waals surface area contributed by atoms with Gasteiger partial charge in [0, 0.05) is 21.3 Å². The molecule has 13 heavy (non-hydrogen) atoms. The van der Waals surface area contributed by atoms with Gasteiger partial charge in [-0.05, 0) is 34.1 Å². The van der Waals surface area contributed by atoms with Gasteiger partial charge in [0.2, 0.25) is 0 Å². The summed E-state index contributed by atoms with van der Waals surface area (Å²) in [4.78, 5) is 0. The number of nitrogen functional groups attached to an aromatic ring is 1. The number of hydrogen-bond acceptors (Lipinski definition) is 3. The average Bonchev–Trinajstić information content (AvgIpc) is 2.40. The summed E-state index contributed by atoms with van der Waals surface area (Å²) in [6, 6.07) is 5.73. The van der Waals surface area contributed by atoms with Gasteiger partial charge >= 0.3 is 0 Å². The van der Waals surface area contributed by atoms with E-state index in [-0.39, 0.29) is 6.61 Å². The Bertz CT molecular complexity index is 452. The van der Waals surface area contributed by atoms with Crippen molar-refractivity contribution in [3.05, 3.63) is 27.5 Å². The number of fused-ring (bicyclic) bond motifs is 1. The minimum Gasteiger partial charge on any atom is -0.399 e. The second-order valence-corrected chi connectivity index (χ2v) is 5.14. The number of aliphatic hydroxyl groups is 1. The normalized spacial score (nSPS) is 10.9. The maximum Gasteiger partial charge on any atom is 0.0766 e. The lowest BCUT2D eigenvalue weighted by atomic mass is 10.2. The van der Waals surface area contributed by atoms with Crippen LogP contribution in [-0.2, 0) is 6.61 Å². The van der Waals surface area contributed by atoms with Gasteiger partial charge in [0.25, 0.3) is 0 Å². The van der Waals surface area contributed by atoms with Crippen LogP contribution in [0.15, 0.2) is 22.0 Å². The molecule has 0 aliphatic heterocycles. The highest BCUT2D eigenvalue weighted by Gasteiger charge is 2.08. The molecule has 1 aromatic carbocycles. The Morgan fingerprint density at radius 1 is 1.46 bits per heavy atom. The van der Waals surface area contributed by atoms with E-state index in [2.05, 4.69) is 15.9 Å². The summed E-state index contributed by atoms with van der Waals surface area (Å²) in [5.74, 6) is 0. The number of nitrogens with two attached hydrogens (primary N) is 1. The van der Waals surface area contributed by atoms with Gasteiger partial charge < -0.3 is 10.8 Å². The van der Waals surface area contributed by atoms with Crippen LogP contribution in [0.25, 0.3) is 10.1 Å². The second kappa shape index (κ2) is 3.29. The highest BCUT2D eigenvalue weighted by atomic mass is 79.9. The maximum atomic E-state index is 9.13. The predicted molar refractivity (Wildman–Crippen MR) is 59.9 cm³/mol. The SMILES string of the molecule is Nc1ccc2sc(Br)c(CO)c2c1. The number of benzene rings is 1. The van der Waals surface area contributed by atoms with Gasteiger partial charge in [0.15, 0.2) is 0 Å². The number of rotatable bonds is 1. The van der Waals surface area contributed by atoms with Crippen molar-refractivity contribution in [3.63, 3.8) is 0 Å². The Labute approximate surface area is 88.1 Å². The average molecular weight is 258 g/mol. The summed E-state index contributed by atoms with van der Waals surface area (Å²) in [5.41, 5.74) is 7.32. The maximum absolute atomic E-state index is 9.13. The molecule has 0 aliphatic rings. The van der Waals surface area contributed by atoms with Crippen molar-refractivity contribution in [2.45, 2.75) is 6.61 Å². The third-order valence-corrected chi connectivity index (χ3v) is 3.89. The first-order valence-electron chi connectivity index (χ1n) is 3.79. The van der Waals surface area contributed by atoms with E-state index < -0.39 is 0 Å². The van der Waals surface area contributed by atoms with Crippen LogP contribution in [0.3, 0.4) is 0 Å². The van der Waals surface area contributed by atoms with Crippen molar-refractivity contribution < 1.29 is 5.11 Å². The molecule has 0 aliphatic carbocycles. The molecule has 0 unspecified atom stereocenters. The largest absolute Gasteiger partial charge is 0.399 e. The fourth-order valence-electron chi connectivity index (χ4n) is 1.28. The standard InChI is InChI=1S/C9H8BrNOS/c10-9-7(4-12)6-3-5(11)1-2-8(6)13-9/h1-3,12H,4,11H2. The van der Waals surface area contributed by atoms with Crippen molar-refractivity contribution >= 4 is 43.0 Å². The number of hydrogen-bond donors (Lipinski definition) is 2. The first-order chi connectivity index (χ1) is 6.22. The lowest BCUT2D eigenvalue weighted by Gasteiger charge is -1.95. The zero-order valence-electron chi connectivity index (χ0n) is 6.75. The zero-order chi connectivity index (χ0) is 9.42. The molecular weight excluding hydrogens is 250 g/mol. The van der Waals surface area contributed by atoms with Gasteiger partial charge in [-0.3, -0.25) is 0 Å². The molecule has 0 atom stereocenters. The van der Waals surface area contributed by atoms with Crippen LogP contribution in [0, 0.1) is 0 Å². The number of anilines is 1. The van der Waals surface area contributed by atoms with Crippen molar-refractivity contribution in [2.75, 3.05) is 5.73 Å². The van der Waals surface area contributed by atoms with Crippen LogP contribution in [0.2, 0.25) is 0 Å². The second-order valence-electron chi connectivity index (χ2n) is 2.77. The number of aliphatic hydroxyl groups excluding tert-OH is 1. The van der Waals surface area contributed by atoms with Crippen molar-refractivity contribution in [1.82, 2.24) is 0 Å². The molecule has 0 spiro atoms. The molecule has 2 aromatic rings. The molecule has 2 nitrogen and oxygen atoms in total. The summed E-state index contributed by atoms with van der Waals surface area (Å²) >= 11 is 5.03. The van der Waals surface area contributed by atoms with Crippen LogP contribution in [0.1, 0.15) is 5.56 Å². The third-order valence-electron chi connectivity index (χ3n) is 1.92. The molecule has 68 valence electrons. The Morgan fingerprint density at radius 3 is 2.92 bits per heavy atom. The Balaban J connectivity index is 2.80. The van der Waals surface area contributed by atoms with E-state index >= 15 is 0 Å². The quantitative estimate of drug-likeness (QED) is 0.772. The van der Waals surface area contributed by atoms with E-state index in [0.29, 0.717) is 0 Å². The van der Waals surface area contributed by atoms with Gasteiger partial charge in [-0.15, -0.1) is 11.3 Å². The number of halogens is 1. The lowest BCUT2D eigenvalue weighted by molar-refractivity contribution is 0.283. The Kier molecular flexibility index (Phi) is 2.27. The van der Waals surface area contributed by atoms with Crippen LogP contribution < -0.4 is 5.73 Å². The molecule has 0 saturated carbocycles. The molecule has 1 aromatic heterocycles. The van der Waals surface area contributed by atoms with Crippen molar-refractivity contribution in [2.24, 2.45) is 0 Å². The van der Waals surface area contributed by atoms with E-state index in [0.717, 1.165) is 25.1 Å². The fourth-order valence-corrected chi connectivity index (χ4v) is 3.06. The highest BCUT2D eigenvalue weighted by molar-refractivity contribution is 9.11. The van der Waals surface area contributed by atoms with Crippen LogP contribution in [0.5, 0.6) is 0 Å². The summed E-state index contributed by atoms with van der Waals surface area (Å²) in [6.07, 6.45) is 0. The molecule has 1 heterocycles. The van der Waals surface area contributed by atoms with Gasteiger partial charge in [0.1, 0.15) is 0 Å². The van der Waals surface area contributed by atoms with E-state index in [4.69, 9.17) is 10.8 Å². The highest BCUT2D eigenvalue weighted by Crippen LogP contribution is 2.36. The molecule has 2 rings (SSSR count). The minimum atomic E-state index is 0.0457. The van der Waals surface area contributed by atoms with Gasteiger partial charge in [-0.1, -0.05) is 0 Å². The topological polar surface area (TPSA) is 46.2 Å². The molecule has 0 amide bonds. The zero-order valence-corrected chi connectivity index (χ0v) is 9.15. The van der Waals surface area contributed by atoms with Crippen molar-refractivity contribution in [3.8, 4) is 0 Å². The van der Waals surface area contributed by atoms with Gasteiger partial charge in [0.05, 0.1) is 10.4 Å². The van der Waals surface area contributed by atoms with Gasteiger partial charge in [-0.2, -0.15) is 0 Å². The summed E-state index contributed by atoms with van der Waals surface area (Å²) in [5, 5.41) is 10.2. The van der Waals surface area contributed by atoms with E-state index in [1.165, 1.54) is 0 Å². The lowest BCUT2D eigenvalue weighted by Crippen LogP contribution is -1.84. The molecular formula is C9H8BrNOS. The van der Waals surface area contributed by atoms with E-state index in [9.17, 15) is 0 Å². The smallest absolute Gasteiger partial charge is 0.0766 e. The summed E-state index contributed by atoms with van der Waals surface area (Å²) < 4.78 is 2.13. The van der Waals surface area contributed by atoms with Gasteiger partial charge in [-0.25, -0.2) is 0 Å². The third kappa shape index (κ3) is 1.45. The molecule has 0 saturated heterocycles. The van der Waals surface area contributed by atoms with Crippen LogP contribution in [0.4, 0.5) is 5.69 Å². The van der Waals surface area contributed by atoms with Crippen LogP contribution >= 0.6 is 27.3 Å². The predicted octanol–water partition coefficient (Wildman–Crippen LogP) is 2.74. The Morgan fingerprint density at radius 2 is 2.23 bits per heavy atom. The van der Waals surface area contributed by atoms with E-state index in [1.807, 2.05) is 18.2 Å². The van der Waals surface area contributed by atoms with Crippen molar-refractivity contribution in [1.29, 1.82) is 0 Å². The summed E-state index contributed by atoms with van der Waals surface area (Å²) in [7, 11) is 0. The minimum absolute atomic E-state index is 0.0457. The molecule has 3 N–H and O–H groups in total. The molecule has 0 radical (unpaired) electrons. The monoisotopic (exact) mass is 257 g/mol. The first-order valence-corrected chi connectivity index (χ1v) is 5.40. The van der Waals surface area contributed by atoms with Crippen LogP contribution in [-0.4, -0.2) is 5.11 Å². The van der Waals surface area contributed by atoms with E-state index in [1.54, 1.807) is 11.3 Å². The number of thiophene rings is 1. The summed E-state index contributed by atoms with van der Waals surface area (Å²) in [6.45, 7) is 0.0457. The molecule has 0 bridgehead atoms. The first kappa shape index (κ1) is 8.99. The Hall–Kier alpha value is -0.580.